The van der Waals surface area contributed by atoms with Crippen LogP contribution in [0.1, 0.15) is 13.2 Å². The van der Waals surface area contributed by atoms with Gasteiger partial charge in [-0.05, 0) is 24.3 Å². The molecular weight excluding hydrogens is 414 g/mol. The third-order valence-corrected chi connectivity index (χ3v) is 5.45. The summed E-state index contributed by atoms with van der Waals surface area (Å²) in [5.41, 5.74) is 6.24. The average Bonchev–Trinajstić information content (AvgIpc) is 3.21. The molecule has 1 fully saturated rings. The molecule has 0 unspecified atom stereocenters. The highest BCUT2D eigenvalue weighted by molar-refractivity contribution is 6.30. The number of nitrogen functional groups attached to an aromatic ring is 1. The van der Waals surface area contributed by atoms with Crippen LogP contribution in [-0.2, 0) is 11.3 Å². The Labute approximate surface area is 177 Å². The van der Waals surface area contributed by atoms with Gasteiger partial charge in [-0.15, -0.1) is 0 Å². The number of rotatable bonds is 6. The number of aliphatic hydroxyl groups is 2. The number of benzene rings is 1. The van der Waals surface area contributed by atoms with Crippen LogP contribution >= 0.6 is 11.6 Å². The summed E-state index contributed by atoms with van der Waals surface area (Å²) in [4.78, 5) is 7.95. The standard InChI is InChI=1S/C19H22ClN5O5/c1-10-15(27)13(8-26)30-18(10)25-9-24(14-16(25)22-19(21)23-17(14)28)6-7-29-12-4-2-11(20)3-5-12/h2-5,9-10,13,15,18,26-27H,6-8H2,1H3,(H2-,21,22,23,28)/t10-,13-,15+,18-/m1/s1. The lowest BCUT2D eigenvalue weighted by atomic mass is 10.0. The van der Waals surface area contributed by atoms with Gasteiger partial charge in [-0.1, -0.05) is 23.5 Å². The lowest BCUT2D eigenvalue weighted by molar-refractivity contribution is -0.745. The van der Waals surface area contributed by atoms with Gasteiger partial charge >= 0.3 is 5.65 Å². The summed E-state index contributed by atoms with van der Waals surface area (Å²) >= 11 is 5.88. The van der Waals surface area contributed by atoms with Gasteiger partial charge in [0.2, 0.25) is 0 Å². The summed E-state index contributed by atoms with van der Waals surface area (Å²) in [6.45, 7) is 2.09. The van der Waals surface area contributed by atoms with Gasteiger partial charge in [0.15, 0.2) is 18.1 Å². The van der Waals surface area contributed by atoms with Crippen LogP contribution in [0, 0.1) is 5.92 Å². The van der Waals surface area contributed by atoms with Crippen LogP contribution in [0.5, 0.6) is 11.6 Å². The first-order valence-corrected chi connectivity index (χ1v) is 9.84. The molecule has 1 saturated heterocycles. The summed E-state index contributed by atoms with van der Waals surface area (Å²) in [6.07, 6.45) is -0.550. The Balaban J connectivity index is 1.64. The minimum absolute atomic E-state index is 0.152. The molecule has 4 atom stereocenters. The molecular formula is C19H22ClN5O5. The van der Waals surface area contributed by atoms with Crippen molar-refractivity contribution >= 4 is 28.7 Å². The molecule has 3 aromatic rings. The Morgan fingerprint density at radius 3 is 2.73 bits per heavy atom. The lowest BCUT2D eigenvalue weighted by Crippen LogP contribution is -2.42. The molecule has 11 heteroatoms. The van der Waals surface area contributed by atoms with E-state index in [2.05, 4.69) is 9.97 Å². The van der Waals surface area contributed by atoms with Crippen molar-refractivity contribution in [1.82, 2.24) is 14.5 Å². The number of nitrogens with zero attached hydrogens (tertiary/aromatic N) is 4. The minimum Gasteiger partial charge on any atom is -0.856 e. The number of hydrogen-bond acceptors (Lipinski definition) is 8. The number of nitrogens with two attached hydrogens (primary N) is 1. The van der Waals surface area contributed by atoms with E-state index in [1.807, 2.05) is 0 Å². The van der Waals surface area contributed by atoms with Crippen molar-refractivity contribution in [2.75, 3.05) is 18.9 Å². The van der Waals surface area contributed by atoms with E-state index >= 15 is 0 Å². The van der Waals surface area contributed by atoms with Crippen molar-refractivity contribution in [2.45, 2.75) is 31.9 Å². The van der Waals surface area contributed by atoms with Crippen molar-refractivity contribution < 1.29 is 29.4 Å². The van der Waals surface area contributed by atoms with Crippen LogP contribution in [0.25, 0.3) is 11.2 Å². The molecule has 1 aliphatic heterocycles. The topological polar surface area (TPSA) is 143 Å². The number of ether oxygens (including phenoxy) is 2. The smallest absolute Gasteiger partial charge is 0.309 e. The Hall–Kier alpha value is -2.66. The molecule has 0 radical (unpaired) electrons. The maximum atomic E-state index is 12.5. The van der Waals surface area contributed by atoms with Gasteiger partial charge < -0.3 is 30.5 Å². The Bertz CT molecular complexity index is 1040. The fourth-order valence-corrected chi connectivity index (χ4v) is 3.77. The number of anilines is 1. The van der Waals surface area contributed by atoms with Crippen LogP contribution < -0.4 is 20.1 Å². The van der Waals surface area contributed by atoms with Crippen molar-refractivity contribution in [3.8, 4) is 11.6 Å². The predicted molar refractivity (Wildman–Crippen MR) is 105 cm³/mol. The molecule has 10 nitrogen and oxygen atoms in total. The highest BCUT2D eigenvalue weighted by Gasteiger charge is 2.44. The molecule has 4 N–H and O–H groups in total. The number of imidazole rings is 1. The van der Waals surface area contributed by atoms with Crippen LogP contribution in [0.15, 0.2) is 30.6 Å². The van der Waals surface area contributed by atoms with Crippen molar-refractivity contribution in [3.05, 3.63) is 35.6 Å². The van der Waals surface area contributed by atoms with Gasteiger partial charge in [0, 0.05) is 16.8 Å². The molecule has 0 bridgehead atoms. The zero-order chi connectivity index (χ0) is 21.4. The summed E-state index contributed by atoms with van der Waals surface area (Å²) in [5, 5.41) is 32.9. The first-order valence-electron chi connectivity index (χ1n) is 9.46. The van der Waals surface area contributed by atoms with E-state index in [0.717, 1.165) is 0 Å². The zero-order valence-corrected chi connectivity index (χ0v) is 16.9. The second kappa shape index (κ2) is 8.23. The van der Waals surface area contributed by atoms with E-state index in [1.165, 1.54) is 0 Å². The molecule has 3 heterocycles. The molecule has 0 amide bonds. The highest BCUT2D eigenvalue weighted by Crippen LogP contribution is 2.32. The van der Waals surface area contributed by atoms with Crippen molar-refractivity contribution in [2.24, 2.45) is 5.92 Å². The lowest BCUT2D eigenvalue weighted by Gasteiger charge is -2.13. The second-order valence-corrected chi connectivity index (χ2v) is 7.61. The molecule has 0 saturated carbocycles. The monoisotopic (exact) mass is 435 g/mol. The SMILES string of the molecule is C[C@@H]1[C@H](O)[C@@H](CO)O[C@H]1[n+]1cn(CCOc2ccc(Cl)cc2)c2c([O-])nc(N)nc21. The number of hydrogen-bond donors (Lipinski definition) is 3. The molecule has 160 valence electrons. The number of fused-ring (bicyclic) bond motifs is 1. The fraction of sp³-hybridized carbons (Fsp3) is 0.421. The van der Waals surface area contributed by atoms with Crippen molar-refractivity contribution in [3.63, 3.8) is 0 Å². The van der Waals surface area contributed by atoms with Crippen LogP contribution in [0.2, 0.25) is 5.02 Å². The van der Waals surface area contributed by atoms with E-state index in [1.54, 1.807) is 46.7 Å². The fourth-order valence-electron chi connectivity index (χ4n) is 3.64. The van der Waals surface area contributed by atoms with E-state index < -0.39 is 24.3 Å². The minimum atomic E-state index is -0.856. The quantitative estimate of drug-likeness (QED) is 0.459. The summed E-state index contributed by atoms with van der Waals surface area (Å²) < 4.78 is 14.8. The average molecular weight is 436 g/mol. The summed E-state index contributed by atoms with van der Waals surface area (Å²) in [5.74, 6) is -0.370. The molecule has 4 rings (SSSR count). The predicted octanol–water partition coefficient (Wildman–Crippen LogP) is -0.00630. The second-order valence-electron chi connectivity index (χ2n) is 7.18. The van der Waals surface area contributed by atoms with Gasteiger partial charge in [-0.2, -0.15) is 0 Å². The normalized spacial score (nSPS) is 23.9. The maximum absolute atomic E-state index is 12.5. The third kappa shape index (κ3) is 3.74. The maximum Gasteiger partial charge on any atom is 0.309 e. The van der Waals surface area contributed by atoms with E-state index in [9.17, 15) is 15.3 Å². The molecule has 30 heavy (non-hydrogen) atoms. The molecule has 1 aromatic carbocycles. The third-order valence-electron chi connectivity index (χ3n) is 5.20. The van der Waals surface area contributed by atoms with Gasteiger partial charge in [-0.25, -0.2) is 9.55 Å². The number of aliphatic hydroxyl groups excluding tert-OH is 2. The first kappa shape index (κ1) is 20.6. The highest BCUT2D eigenvalue weighted by atomic mass is 35.5. The summed E-state index contributed by atoms with van der Waals surface area (Å²) in [6, 6.07) is 6.96. The van der Waals surface area contributed by atoms with Crippen LogP contribution in [0.4, 0.5) is 5.95 Å². The molecule has 0 aliphatic carbocycles. The number of aromatic nitrogens is 4. The van der Waals surface area contributed by atoms with Crippen LogP contribution in [-0.4, -0.2) is 50.2 Å². The zero-order valence-electron chi connectivity index (χ0n) is 16.2. The Kier molecular flexibility index (Phi) is 5.65. The first-order chi connectivity index (χ1) is 14.4. The Morgan fingerprint density at radius 1 is 1.33 bits per heavy atom. The van der Waals surface area contributed by atoms with Gasteiger partial charge in [0.1, 0.15) is 25.0 Å². The molecule has 1 aliphatic rings. The largest absolute Gasteiger partial charge is 0.856 e. The van der Waals surface area contributed by atoms with Crippen LogP contribution in [0.3, 0.4) is 0 Å². The van der Waals surface area contributed by atoms with Gasteiger partial charge in [0.25, 0.3) is 5.95 Å². The molecule has 0 spiro atoms. The Morgan fingerprint density at radius 2 is 2.07 bits per heavy atom. The summed E-state index contributed by atoms with van der Waals surface area (Å²) in [7, 11) is 0. The van der Waals surface area contributed by atoms with Crippen molar-refractivity contribution in [1.29, 1.82) is 0 Å². The van der Waals surface area contributed by atoms with E-state index in [4.69, 9.17) is 26.8 Å². The van der Waals surface area contributed by atoms with E-state index in [0.29, 0.717) is 23.0 Å². The van der Waals surface area contributed by atoms with E-state index in [-0.39, 0.29) is 30.6 Å². The number of halogens is 1. The molecule has 2 aromatic heterocycles. The van der Waals surface area contributed by atoms with Gasteiger partial charge in [-0.3, -0.25) is 4.57 Å². The van der Waals surface area contributed by atoms with Gasteiger partial charge in [0.05, 0.1) is 12.7 Å².